The zero-order chi connectivity index (χ0) is 11.4. The molecule has 1 atom stereocenters. The number of halogens is 1. The number of esters is 1. The Kier molecular flexibility index (Phi) is 3.82. The van der Waals surface area contributed by atoms with Gasteiger partial charge < -0.3 is 10.5 Å². The summed E-state index contributed by atoms with van der Waals surface area (Å²) in [7, 11) is 1.13. The number of nitrogens with two attached hydrogens (primary N) is 1. The number of hydrogen-bond acceptors (Lipinski definition) is 4. The molecule has 1 aromatic rings. The van der Waals surface area contributed by atoms with Crippen LogP contribution in [-0.4, -0.2) is 18.9 Å². The predicted octanol–water partition coefficient (Wildman–Crippen LogP) is 1.08. The summed E-state index contributed by atoms with van der Waals surface area (Å²) in [5, 5.41) is 0.538. The maximum absolute atomic E-state index is 11.3. The van der Waals surface area contributed by atoms with Crippen molar-refractivity contribution in [3.63, 3.8) is 0 Å². The first kappa shape index (κ1) is 11.7. The Hall–Kier alpha value is -1.39. The van der Waals surface area contributed by atoms with Crippen LogP contribution in [0.15, 0.2) is 24.3 Å². The van der Waals surface area contributed by atoms with Crippen molar-refractivity contribution in [2.75, 3.05) is 7.11 Å². The molecule has 15 heavy (non-hydrogen) atoms. The Morgan fingerprint density at radius 2 is 1.87 bits per heavy atom. The Morgan fingerprint density at radius 3 is 2.33 bits per heavy atom. The van der Waals surface area contributed by atoms with E-state index >= 15 is 0 Å². The highest BCUT2D eigenvalue weighted by Gasteiger charge is 2.23. The number of ketones is 1. The molecule has 0 aromatic heterocycles. The third-order valence-electron chi connectivity index (χ3n) is 1.90. The maximum atomic E-state index is 11.3. The summed E-state index contributed by atoms with van der Waals surface area (Å²) in [5.74, 6) is -1.72. The van der Waals surface area contributed by atoms with Gasteiger partial charge in [0.05, 0.1) is 7.11 Å². The molecular weight excluding hydrogens is 218 g/mol. The van der Waals surface area contributed by atoms with Crippen molar-refractivity contribution in [1.29, 1.82) is 0 Å². The molecule has 4 nitrogen and oxygen atoms in total. The van der Waals surface area contributed by atoms with E-state index in [1.54, 1.807) is 24.3 Å². The average Bonchev–Trinajstić information content (AvgIpc) is 2.27. The van der Waals surface area contributed by atoms with Gasteiger partial charge >= 0.3 is 5.97 Å². The SMILES string of the molecule is COC(=O)C(=O)C(N)c1ccc(Cl)cc1. The Morgan fingerprint density at radius 1 is 1.33 bits per heavy atom. The lowest BCUT2D eigenvalue weighted by atomic mass is 10.0. The second-order valence-electron chi connectivity index (χ2n) is 2.89. The van der Waals surface area contributed by atoms with E-state index in [0.717, 1.165) is 7.11 Å². The van der Waals surface area contributed by atoms with E-state index in [9.17, 15) is 9.59 Å². The number of carbonyl (C=O) groups excluding carboxylic acids is 2. The molecule has 0 saturated carbocycles. The van der Waals surface area contributed by atoms with Crippen LogP contribution in [0.4, 0.5) is 0 Å². The highest BCUT2D eigenvalue weighted by atomic mass is 35.5. The summed E-state index contributed by atoms with van der Waals surface area (Å²) in [4.78, 5) is 22.2. The number of hydrogen-bond donors (Lipinski definition) is 1. The number of methoxy groups -OCH3 is 1. The van der Waals surface area contributed by atoms with Gasteiger partial charge in [-0.15, -0.1) is 0 Å². The quantitative estimate of drug-likeness (QED) is 0.620. The van der Waals surface area contributed by atoms with Gasteiger partial charge in [0.15, 0.2) is 0 Å². The number of Topliss-reactive ketones (excluding diaryl/α,β-unsaturated/α-hetero) is 1. The van der Waals surface area contributed by atoms with Crippen LogP contribution in [0, 0.1) is 0 Å². The highest BCUT2D eigenvalue weighted by Crippen LogP contribution is 2.15. The molecule has 0 bridgehead atoms. The Labute approximate surface area is 92.0 Å². The van der Waals surface area contributed by atoms with Gasteiger partial charge in [-0.3, -0.25) is 4.79 Å². The van der Waals surface area contributed by atoms with Gasteiger partial charge in [-0.05, 0) is 17.7 Å². The summed E-state index contributed by atoms with van der Waals surface area (Å²) in [6.07, 6.45) is 0. The van der Waals surface area contributed by atoms with Crippen LogP contribution >= 0.6 is 11.6 Å². The van der Waals surface area contributed by atoms with E-state index in [1.165, 1.54) is 0 Å². The summed E-state index contributed by atoms with van der Waals surface area (Å²) >= 11 is 5.67. The molecule has 0 saturated heterocycles. The van der Waals surface area contributed by atoms with Crippen LogP contribution in [0.25, 0.3) is 0 Å². The van der Waals surface area contributed by atoms with Crippen molar-refractivity contribution in [1.82, 2.24) is 0 Å². The Bertz CT molecular complexity index is 375. The van der Waals surface area contributed by atoms with Crippen molar-refractivity contribution >= 4 is 23.4 Å². The summed E-state index contributed by atoms with van der Waals surface area (Å²) in [6, 6.07) is 5.37. The van der Waals surface area contributed by atoms with Crippen LogP contribution in [0.3, 0.4) is 0 Å². The second-order valence-corrected chi connectivity index (χ2v) is 3.32. The van der Waals surface area contributed by atoms with Gasteiger partial charge in [-0.1, -0.05) is 23.7 Å². The minimum atomic E-state index is -1.00. The third kappa shape index (κ3) is 2.78. The number of benzene rings is 1. The zero-order valence-corrected chi connectivity index (χ0v) is 8.82. The lowest BCUT2D eigenvalue weighted by molar-refractivity contribution is -0.152. The molecule has 5 heteroatoms. The van der Waals surface area contributed by atoms with Crippen molar-refractivity contribution in [3.05, 3.63) is 34.9 Å². The van der Waals surface area contributed by atoms with E-state index in [0.29, 0.717) is 10.6 Å². The fourth-order valence-corrected chi connectivity index (χ4v) is 1.18. The summed E-state index contributed by atoms with van der Waals surface area (Å²) < 4.78 is 4.28. The van der Waals surface area contributed by atoms with Crippen molar-refractivity contribution < 1.29 is 14.3 Å². The fraction of sp³-hybridized carbons (Fsp3) is 0.200. The molecule has 0 aliphatic rings. The van der Waals surface area contributed by atoms with E-state index in [-0.39, 0.29) is 0 Å². The molecule has 0 aliphatic carbocycles. The molecule has 0 amide bonds. The summed E-state index contributed by atoms with van der Waals surface area (Å²) in [5.41, 5.74) is 6.09. The van der Waals surface area contributed by atoms with Crippen molar-refractivity contribution in [2.45, 2.75) is 6.04 Å². The molecule has 0 radical (unpaired) electrons. The zero-order valence-electron chi connectivity index (χ0n) is 8.07. The first-order valence-electron chi connectivity index (χ1n) is 4.19. The summed E-state index contributed by atoms with van der Waals surface area (Å²) in [6.45, 7) is 0. The lowest BCUT2D eigenvalue weighted by Gasteiger charge is -2.08. The first-order chi connectivity index (χ1) is 7.06. The van der Waals surface area contributed by atoms with E-state index in [2.05, 4.69) is 4.74 Å². The fourth-order valence-electron chi connectivity index (χ4n) is 1.05. The molecule has 2 N–H and O–H groups in total. The average molecular weight is 228 g/mol. The monoisotopic (exact) mass is 227 g/mol. The van der Waals surface area contributed by atoms with Crippen LogP contribution in [0.5, 0.6) is 0 Å². The number of ether oxygens (including phenoxy) is 1. The van der Waals surface area contributed by atoms with E-state index < -0.39 is 17.8 Å². The van der Waals surface area contributed by atoms with Gasteiger partial charge in [0.1, 0.15) is 6.04 Å². The van der Waals surface area contributed by atoms with Gasteiger partial charge in [0.25, 0.3) is 5.78 Å². The smallest absolute Gasteiger partial charge is 0.376 e. The molecule has 0 aliphatic heterocycles. The second kappa shape index (κ2) is 4.91. The number of rotatable bonds is 3. The molecule has 1 unspecified atom stereocenters. The first-order valence-corrected chi connectivity index (χ1v) is 4.57. The molecule has 0 spiro atoms. The van der Waals surface area contributed by atoms with Crippen LogP contribution in [0.2, 0.25) is 5.02 Å². The number of carbonyl (C=O) groups is 2. The maximum Gasteiger partial charge on any atom is 0.376 e. The standard InChI is InChI=1S/C10H10ClNO3/c1-15-10(14)9(13)8(12)6-2-4-7(11)5-3-6/h2-5,8H,12H2,1H3. The van der Waals surface area contributed by atoms with Gasteiger partial charge in [-0.2, -0.15) is 0 Å². The van der Waals surface area contributed by atoms with E-state index in [1.807, 2.05) is 0 Å². The van der Waals surface area contributed by atoms with Gasteiger partial charge in [-0.25, -0.2) is 4.79 Å². The minimum Gasteiger partial charge on any atom is -0.463 e. The molecule has 1 aromatic carbocycles. The molecule has 1 rings (SSSR count). The van der Waals surface area contributed by atoms with Crippen molar-refractivity contribution in [3.8, 4) is 0 Å². The Balaban J connectivity index is 2.85. The van der Waals surface area contributed by atoms with Gasteiger partial charge in [0, 0.05) is 5.02 Å². The minimum absolute atomic E-state index is 0.523. The largest absolute Gasteiger partial charge is 0.463 e. The molecular formula is C10H10ClNO3. The van der Waals surface area contributed by atoms with Crippen LogP contribution in [0.1, 0.15) is 11.6 Å². The van der Waals surface area contributed by atoms with Crippen LogP contribution in [-0.2, 0) is 14.3 Å². The van der Waals surface area contributed by atoms with Crippen molar-refractivity contribution in [2.24, 2.45) is 5.73 Å². The molecule has 0 fully saturated rings. The molecule has 0 heterocycles. The van der Waals surface area contributed by atoms with Crippen LogP contribution < -0.4 is 5.73 Å². The van der Waals surface area contributed by atoms with E-state index in [4.69, 9.17) is 17.3 Å². The lowest BCUT2D eigenvalue weighted by Crippen LogP contribution is -2.29. The molecule has 80 valence electrons. The normalized spacial score (nSPS) is 11.9. The predicted molar refractivity (Wildman–Crippen MR) is 55.4 cm³/mol. The topological polar surface area (TPSA) is 69.4 Å². The third-order valence-corrected chi connectivity index (χ3v) is 2.15. The van der Waals surface area contributed by atoms with Gasteiger partial charge in [0.2, 0.25) is 0 Å². The highest BCUT2D eigenvalue weighted by molar-refractivity contribution is 6.35.